The zero-order chi connectivity index (χ0) is 15.1. The molecule has 6 heteroatoms. The van der Waals surface area contributed by atoms with Crippen molar-refractivity contribution in [1.82, 2.24) is 9.78 Å². The lowest BCUT2D eigenvalue weighted by atomic mass is 10.1. The molecule has 0 radical (unpaired) electrons. The molecule has 1 aromatic heterocycles. The third kappa shape index (κ3) is 2.45. The van der Waals surface area contributed by atoms with Gasteiger partial charge in [-0.25, -0.2) is 13.2 Å². The van der Waals surface area contributed by atoms with E-state index in [2.05, 4.69) is 5.10 Å². The fraction of sp³-hybridized carbons (Fsp3) is 0.286. The van der Waals surface area contributed by atoms with Gasteiger partial charge in [-0.2, -0.15) is 5.10 Å². The maximum Gasteiger partial charge on any atom is 0.194 e. The number of carbonyl (C=O) groups is 1. The smallest absolute Gasteiger partial charge is 0.194 e. The summed E-state index contributed by atoms with van der Waals surface area (Å²) in [4.78, 5) is 11.1. The predicted molar refractivity (Wildman–Crippen MR) is 67.9 cm³/mol. The number of nitrogens with zero attached hydrogens (tertiary/aromatic N) is 2. The van der Waals surface area contributed by atoms with Gasteiger partial charge in [0.05, 0.1) is 11.1 Å². The summed E-state index contributed by atoms with van der Waals surface area (Å²) in [5, 5.41) is 4.16. The van der Waals surface area contributed by atoms with Gasteiger partial charge < -0.3 is 0 Å². The Bertz CT molecular complexity index is 649. The lowest BCUT2D eigenvalue weighted by Gasteiger charge is -2.18. The summed E-state index contributed by atoms with van der Waals surface area (Å²) in [6, 6.07) is 1.64. The van der Waals surface area contributed by atoms with Crippen LogP contribution in [0, 0.1) is 17.5 Å². The van der Waals surface area contributed by atoms with Gasteiger partial charge in [-0.15, -0.1) is 0 Å². The molecular formula is C14H13F3N2O. The molecule has 0 aliphatic heterocycles. The number of benzene rings is 1. The van der Waals surface area contributed by atoms with Crippen molar-refractivity contribution in [3.8, 4) is 11.3 Å². The molecule has 3 nitrogen and oxygen atoms in total. The van der Waals surface area contributed by atoms with Gasteiger partial charge in [0, 0.05) is 11.8 Å². The van der Waals surface area contributed by atoms with Crippen LogP contribution in [0.4, 0.5) is 13.2 Å². The molecule has 0 saturated heterocycles. The van der Waals surface area contributed by atoms with Crippen LogP contribution >= 0.6 is 0 Å². The topological polar surface area (TPSA) is 34.9 Å². The van der Waals surface area contributed by atoms with Gasteiger partial charge in [-0.1, -0.05) is 0 Å². The SMILES string of the molecule is CC(C)(C)n1cc(C=O)c(-c2cc(F)c(F)c(F)c2)n1. The van der Waals surface area contributed by atoms with E-state index >= 15 is 0 Å². The van der Waals surface area contributed by atoms with Crippen LogP contribution in [0.2, 0.25) is 0 Å². The summed E-state index contributed by atoms with van der Waals surface area (Å²) in [5.74, 6) is -4.18. The van der Waals surface area contributed by atoms with Gasteiger partial charge in [-0.05, 0) is 32.9 Å². The fourth-order valence-corrected chi connectivity index (χ4v) is 1.73. The number of rotatable bonds is 2. The molecule has 20 heavy (non-hydrogen) atoms. The molecule has 0 aliphatic rings. The maximum absolute atomic E-state index is 13.3. The second-order valence-electron chi connectivity index (χ2n) is 5.42. The van der Waals surface area contributed by atoms with E-state index in [1.54, 1.807) is 0 Å². The van der Waals surface area contributed by atoms with Crippen LogP contribution in [0.25, 0.3) is 11.3 Å². The quantitative estimate of drug-likeness (QED) is 0.624. The Hall–Kier alpha value is -2.11. The van der Waals surface area contributed by atoms with Gasteiger partial charge in [0.1, 0.15) is 5.69 Å². The van der Waals surface area contributed by atoms with E-state index in [0.717, 1.165) is 12.1 Å². The minimum atomic E-state index is -1.54. The van der Waals surface area contributed by atoms with E-state index < -0.39 is 23.0 Å². The fourth-order valence-electron chi connectivity index (χ4n) is 1.73. The molecule has 0 unspecified atom stereocenters. The van der Waals surface area contributed by atoms with Gasteiger partial charge in [-0.3, -0.25) is 9.48 Å². The second kappa shape index (κ2) is 4.77. The van der Waals surface area contributed by atoms with Crippen molar-refractivity contribution in [2.45, 2.75) is 26.3 Å². The molecule has 2 rings (SSSR count). The first kappa shape index (κ1) is 14.3. The average molecular weight is 282 g/mol. The van der Waals surface area contributed by atoms with Crippen molar-refractivity contribution < 1.29 is 18.0 Å². The van der Waals surface area contributed by atoms with Crippen LogP contribution < -0.4 is 0 Å². The lowest BCUT2D eigenvalue weighted by Crippen LogP contribution is -2.22. The Morgan fingerprint density at radius 1 is 1.15 bits per heavy atom. The standard InChI is InChI=1S/C14H13F3N2O/c1-14(2,3)19-6-9(7-20)13(18-19)8-4-10(15)12(17)11(16)5-8/h4-7H,1-3H3. The number of carbonyl (C=O) groups excluding carboxylic acids is 1. The Kier molecular flexibility index (Phi) is 3.41. The maximum atomic E-state index is 13.3. The molecule has 0 bridgehead atoms. The number of aromatic nitrogens is 2. The monoisotopic (exact) mass is 282 g/mol. The van der Waals surface area contributed by atoms with Crippen molar-refractivity contribution in [3.05, 3.63) is 41.3 Å². The number of hydrogen-bond donors (Lipinski definition) is 0. The van der Waals surface area contributed by atoms with Gasteiger partial charge in [0.15, 0.2) is 23.7 Å². The van der Waals surface area contributed by atoms with Crippen molar-refractivity contribution >= 4 is 6.29 Å². The highest BCUT2D eigenvalue weighted by molar-refractivity contribution is 5.85. The number of halogens is 3. The normalized spacial score (nSPS) is 11.7. The molecule has 0 aliphatic carbocycles. The molecular weight excluding hydrogens is 269 g/mol. The minimum Gasteiger partial charge on any atom is -0.298 e. The summed E-state index contributed by atoms with van der Waals surface area (Å²) < 4.78 is 41.0. The largest absolute Gasteiger partial charge is 0.298 e. The van der Waals surface area contributed by atoms with Crippen LogP contribution in [-0.2, 0) is 5.54 Å². The third-order valence-electron chi connectivity index (χ3n) is 2.81. The highest BCUT2D eigenvalue weighted by Gasteiger charge is 2.20. The first-order valence-corrected chi connectivity index (χ1v) is 5.94. The molecule has 1 heterocycles. The van der Waals surface area contributed by atoms with Gasteiger partial charge in [0.2, 0.25) is 0 Å². The summed E-state index contributed by atoms with van der Waals surface area (Å²) in [5.41, 5.74) is -0.0720. The molecule has 0 fully saturated rings. The Labute approximate surface area is 114 Å². The first-order chi connectivity index (χ1) is 9.24. The van der Waals surface area contributed by atoms with E-state index in [-0.39, 0.29) is 16.8 Å². The number of aldehydes is 1. The highest BCUT2D eigenvalue weighted by atomic mass is 19.2. The van der Waals surface area contributed by atoms with E-state index in [4.69, 9.17) is 0 Å². The molecule has 0 amide bonds. The summed E-state index contributed by atoms with van der Waals surface area (Å²) in [6.45, 7) is 5.60. The Morgan fingerprint density at radius 2 is 1.70 bits per heavy atom. The van der Waals surface area contributed by atoms with Crippen molar-refractivity contribution in [1.29, 1.82) is 0 Å². The minimum absolute atomic E-state index is 0.0199. The zero-order valence-electron chi connectivity index (χ0n) is 11.2. The first-order valence-electron chi connectivity index (χ1n) is 5.94. The van der Waals surface area contributed by atoms with Crippen molar-refractivity contribution in [2.75, 3.05) is 0 Å². The van der Waals surface area contributed by atoms with E-state index in [1.807, 2.05) is 20.8 Å². The molecule has 0 spiro atoms. The van der Waals surface area contributed by atoms with E-state index in [9.17, 15) is 18.0 Å². The number of hydrogen-bond acceptors (Lipinski definition) is 2. The van der Waals surface area contributed by atoms with E-state index in [1.165, 1.54) is 10.9 Å². The molecule has 2 aromatic rings. The Morgan fingerprint density at radius 3 is 2.15 bits per heavy atom. The van der Waals surface area contributed by atoms with Crippen LogP contribution in [0.5, 0.6) is 0 Å². The molecule has 1 aromatic carbocycles. The summed E-state index contributed by atoms with van der Waals surface area (Å²) >= 11 is 0. The highest BCUT2D eigenvalue weighted by Crippen LogP contribution is 2.26. The average Bonchev–Trinajstić information content (AvgIpc) is 2.79. The predicted octanol–water partition coefficient (Wildman–Crippen LogP) is 3.53. The zero-order valence-corrected chi connectivity index (χ0v) is 11.2. The van der Waals surface area contributed by atoms with Crippen molar-refractivity contribution in [2.24, 2.45) is 0 Å². The summed E-state index contributed by atoms with van der Waals surface area (Å²) in [7, 11) is 0. The van der Waals surface area contributed by atoms with E-state index in [0.29, 0.717) is 6.29 Å². The van der Waals surface area contributed by atoms with Crippen LogP contribution in [-0.4, -0.2) is 16.1 Å². The molecule has 0 atom stereocenters. The molecule has 0 saturated carbocycles. The lowest BCUT2D eigenvalue weighted by molar-refractivity contribution is 0.112. The Balaban J connectivity index is 2.63. The van der Waals surface area contributed by atoms with Crippen molar-refractivity contribution in [3.63, 3.8) is 0 Å². The second-order valence-corrected chi connectivity index (χ2v) is 5.42. The van der Waals surface area contributed by atoms with Crippen LogP contribution in [0.3, 0.4) is 0 Å². The van der Waals surface area contributed by atoms with Gasteiger partial charge >= 0.3 is 0 Å². The molecule has 0 N–H and O–H groups in total. The third-order valence-corrected chi connectivity index (χ3v) is 2.81. The van der Waals surface area contributed by atoms with Crippen LogP contribution in [0.1, 0.15) is 31.1 Å². The van der Waals surface area contributed by atoms with Crippen LogP contribution in [0.15, 0.2) is 18.3 Å². The summed E-state index contributed by atoms with van der Waals surface area (Å²) in [6.07, 6.45) is 2.03. The van der Waals surface area contributed by atoms with Gasteiger partial charge in [0.25, 0.3) is 0 Å². The molecule has 106 valence electrons.